The molecule has 1 fully saturated rings. The van der Waals surface area contributed by atoms with E-state index in [0.29, 0.717) is 5.56 Å². The molecule has 1 heterocycles. The van der Waals surface area contributed by atoms with E-state index in [4.69, 9.17) is 0 Å². The van der Waals surface area contributed by atoms with Crippen molar-refractivity contribution in [3.63, 3.8) is 0 Å². The summed E-state index contributed by atoms with van der Waals surface area (Å²) in [6.07, 6.45) is -0.625. The van der Waals surface area contributed by atoms with Gasteiger partial charge in [0, 0.05) is 35.8 Å². The summed E-state index contributed by atoms with van der Waals surface area (Å²) in [6, 6.07) is 4.66. The summed E-state index contributed by atoms with van der Waals surface area (Å²) in [5.74, 6) is 1.90. The minimum absolute atomic E-state index is 0.286. The van der Waals surface area contributed by atoms with E-state index in [1.807, 2.05) is 11.8 Å². The number of rotatable bonds is 2. The SMILES string of the molecule is CC(O)c1cc(F)ccc1N1CCSCC1. The minimum Gasteiger partial charge on any atom is -0.389 e. The number of halogens is 1. The standard InChI is InChI=1S/C12H16FNOS/c1-9(15)11-8-10(13)2-3-12(11)14-4-6-16-7-5-14/h2-3,8-9,15H,4-7H2,1H3. The highest BCUT2D eigenvalue weighted by molar-refractivity contribution is 7.99. The third-order valence-electron chi connectivity index (χ3n) is 2.79. The molecule has 0 aliphatic carbocycles. The maximum Gasteiger partial charge on any atom is 0.123 e. The van der Waals surface area contributed by atoms with Gasteiger partial charge < -0.3 is 10.0 Å². The molecule has 2 nitrogen and oxygen atoms in total. The molecular weight excluding hydrogens is 225 g/mol. The molecule has 1 aliphatic heterocycles. The van der Waals surface area contributed by atoms with Crippen LogP contribution < -0.4 is 4.90 Å². The normalized spacial score (nSPS) is 18.6. The van der Waals surface area contributed by atoms with Crippen LogP contribution in [0.5, 0.6) is 0 Å². The van der Waals surface area contributed by atoms with Gasteiger partial charge in [-0.3, -0.25) is 0 Å². The van der Waals surface area contributed by atoms with Crippen molar-refractivity contribution in [2.45, 2.75) is 13.0 Å². The summed E-state index contributed by atoms with van der Waals surface area (Å²) in [4.78, 5) is 2.22. The fourth-order valence-electron chi connectivity index (χ4n) is 1.95. The Morgan fingerprint density at radius 3 is 2.69 bits per heavy atom. The molecule has 16 heavy (non-hydrogen) atoms. The topological polar surface area (TPSA) is 23.5 Å². The second-order valence-electron chi connectivity index (χ2n) is 3.98. The van der Waals surface area contributed by atoms with E-state index in [-0.39, 0.29) is 5.82 Å². The van der Waals surface area contributed by atoms with E-state index in [0.717, 1.165) is 30.3 Å². The lowest BCUT2D eigenvalue weighted by atomic mass is 10.1. The quantitative estimate of drug-likeness (QED) is 0.860. The summed E-state index contributed by atoms with van der Waals surface area (Å²) >= 11 is 1.93. The van der Waals surface area contributed by atoms with Gasteiger partial charge in [0.25, 0.3) is 0 Å². The highest BCUT2D eigenvalue weighted by Crippen LogP contribution is 2.29. The fourth-order valence-corrected chi connectivity index (χ4v) is 2.86. The molecule has 0 spiro atoms. The highest BCUT2D eigenvalue weighted by atomic mass is 32.2. The predicted molar refractivity (Wildman–Crippen MR) is 66.6 cm³/mol. The Kier molecular flexibility index (Phi) is 3.71. The van der Waals surface area contributed by atoms with Crippen LogP contribution >= 0.6 is 11.8 Å². The molecule has 1 unspecified atom stereocenters. The molecule has 1 aromatic rings. The average molecular weight is 241 g/mol. The van der Waals surface area contributed by atoms with Crippen molar-refractivity contribution < 1.29 is 9.50 Å². The lowest BCUT2D eigenvalue weighted by Crippen LogP contribution is -2.33. The monoisotopic (exact) mass is 241 g/mol. The van der Waals surface area contributed by atoms with Crippen molar-refractivity contribution in [2.75, 3.05) is 29.5 Å². The largest absolute Gasteiger partial charge is 0.389 e. The first-order valence-electron chi connectivity index (χ1n) is 5.48. The second-order valence-corrected chi connectivity index (χ2v) is 5.20. The predicted octanol–water partition coefficient (Wildman–Crippen LogP) is 2.43. The van der Waals surface area contributed by atoms with Gasteiger partial charge in [-0.05, 0) is 25.1 Å². The Balaban J connectivity index is 2.31. The van der Waals surface area contributed by atoms with Gasteiger partial charge in [0.15, 0.2) is 0 Å². The van der Waals surface area contributed by atoms with E-state index in [9.17, 15) is 9.50 Å². The molecule has 1 N–H and O–H groups in total. The van der Waals surface area contributed by atoms with Gasteiger partial charge in [0.05, 0.1) is 6.10 Å². The van der Waals surface area contributed by atoms with Crippen LogP contribution in [-0.2, 0) is 0 Å². The number of benzene rings is 1. The van der Waals surface area contributed by atoms with Gasteiger partial charge in [-0.1, -0.05) is 0 Å². The summed E-state index contributed by atoms with van der Waals surface area (Å²) in [7, 11) is 0. The molecule has 88 valence electrons. The number of anilines is 1. The number of nitrogens with zero attached hydrogens (tertiary/aromatic N) is 1. The fraction of sp³-hybridized carbons (Fsp3) is 0.500. The summed E-state index contributed by atoms with van der Waals surface area (Å²) in [6.45, 7) is 3.61. The first-order chi connectivity index (χ1) is 7.68. The van der Waals surface area contributed by atoms with Crippen LogP contribution in [-0.4, -0.2) is 29.7 Å². The van der Waals surface area contributed by atoms with Crippen LogP contribution in [0.1, 0.15) is 18.6 Å². The van der Waals surface area contributed by atoms with Crippen molar-refractivity contribution in [3.8, 4) is 0 Å². The van der Waals surface area contributed by atoms with E-state index < -0.39 is 6.10 Å². The smallest absolute Gasteiger partial charge is 0.123 e. The minimum atomic E-state index is -0.625. The molecule has 0 amide bonds. The highest BCUT2D eigenvalue weighted by Gasteiger charge is 2.17. The first-order valence-corrected chi connectivity index (χ1v) is 6.64. The molecular formula is C12H16FNOS. The molecule has 1 aromatic carbocycles. The number of hydrogen-bond donors (Lipinski definition) is 1. The van der Waals surface area contributed by atoms with Gasteiger partial charge in [-0.15, -0.1) is 0 Å². The second kappa shape index (κ2) is 5.06. The Bertz CT molecular complexity index is 364. The van der Waals surface area contributed by atoms with Gasteiger partial charge >= 0.3 is 0 Å². The zero-order chi connectivity index (χ0) is 11.5. The van der Waals surface area contributed by atoms with Gasteiger partial charge in [0.1, 0.15) is 5.82 Å². The molecule has 0 saturated carbocycles. The zero-order valence-corrected chi connectivity index (χ0v) is 10.1. The van der Waals surface area contributed by atoms with Crippen molar-refractivity contribution in [1.29, 1.82) is 0 Å². The van der Waals surface area contributed by atoms with Crippen LogP contribution in [0.4, 0.5) is 10.1 Å². The molecule has 2 rings (SSSR count). The van der Waals surface area contributed by atoms with Gasteiger partial charge in [-0.25, -0.2) is 4.39 Å². The van der Waals surface area contributed by atoms with Crippen LogP contribution in [0, 0.1) is 5.82 Å². The van der Waals surface area contributed by atoms with Crippen LogP contribution in [0.3, 0.4) is 0 Å². The molecule has 4 heteroatoms. The molecule has 1 aliphatic rings. The molecule has 0 radical (unpaired) electrons. The third-order valence-corrected chi connectivity index (χ3v) is 3.73. The van der Waals surface area contributed by atoms with E-state index in [1.165, 1.54) is 12.1 Å². The molecule has 0 aromatic heterocycles. The van der Waals surface area contributed by atoms with Crippen molar-refractivity contribution in [2.24, 2.45) is 0 Å². The molecule has 1 saturated heterocycles. The third kappa shape index (κ3) is 2.50. The van der Waals surface area contributed by atoms with E-state index in [1.54, 1.807) is 13.0 Å². The Morgan fingerprint density at radius 1 is 1.38 bits per heavy atom. The lowest BCUT2D eigenvalue weighted by Gasteiger charge is -2.31. The average Bonchev–Trinajstić information content (AvgIpc) is 2.30. The number of aliphatic hydroxyl groups is 1. The van der Waals surface area contributed by atoms with Gasteiger partial charge in [0.2, 0.25) is 0 Å². The van der Waals surface area contributed by atoms with Crippen molar-refractivity contribution in [1.82, 2.24) is 0 Å². The first kappa shape index (κ1) is 11.7. The van der Waals surface area contributed by atoms with Crippen LogP contribution in [0.25, 0.3) is 0 Å². The lowest BCUT2D eigenvalue weighted by molar-refractivity contribution is 0.199. The van der Waals surface area contributed by atoms with E-state index in [2.05, 4.69) is 4.90 Å². The van der Waals surface area contributed by atoms with E-state index >= 15 is 0 Å². The number of aliphatic hydroxyl groups excluding tert-OH is 1. The van der Waals surface area contributed by atoms with Crippen molar-refractivity contribution in [3.05, 3.63) is 29.6 Å². The van der Waals surface area contributed by atoms with Crippen LogP contribution in [0.2, 0.25) is 0 Å². The maximum absolute atomic E-state index is 13.1. The Hall–Kier alpha value is -0.740. The zero-order valence-electron chi connectivity index (χ0n) is 9.32. The summed E-state index contributed by atoms with van der Waals surface area (Å²) < 4.78 is 13.1. The molecule has 0 bridgehead atoms. The Labute approximate surface area is 99.5 Å². The van der Waals surface area contributed by atoms with Gasteiger partial charge in [-0.2, -0.15) is 11.8 Å². The number of hydrogen-bond acceptors (Lipinski definition) is 3. The molecule has 1 atom stereocenters. The summed E-state index contributed by atoms with van der Waals surface area (Å²) in [5, 5.41) is 9.66. The van der Waals surface area contributed by atoms with Crippen molar-refractivity contribution >= 4 is 17.4 Å². The maximum atomic E-state index is 13.1. The summed E-state index contributed by atoms with van der Waals surface area (Å²) in [5.41, 5.74) is 1.66. The number of thioether (sulfide) groups is 1. The Morgan fingerprint density at radius 2 is 2.06 bits per heavy atom. The van der Waals surface area contributed by atoms with Crippen LogP contribution in [0.15, 0.2) is 18.2 Å².